The summed E-state index contributed by atoms with van der Waals surface area (Å²) in [6.45, 7) is 5.26. The molecular formula is C21H23ClN2O2. The number of nitrogens with zero attached hydrogens (tertiary/aromatic N) is 1. The predicted octanol–water partition coefficient (Wildman–Crippen LogP) is 4.45. The first-order valence-electron chi connectivity index (χ1n) is 8.87. The van der Waals surface area contributed by atoms with E-state index in [9.17, 15) is 9.59 Å². The lowest BCUT2D eigenvalue weighted by Gasteiger charge is -2.31. The van der Waals surface area contributed by atoms with Gasteiger partial charge in [0.25, 0.3) is 5.91 Å². The minimum atomic E-state index is -0.0640. The molecule has 0 atom stereocenters. The van der Waals surface area contributed by atoms with Crippen LogP contribution in [0.1, 0.15) is 34.3 Å². The first-order chi connectivity index (χ1) is 12.4. The molecule has 3 rings (SSSR count). The van der Waals surface area contributed by atoms with Crippen molar-refractivity contribution in [1.29, 1.82) is 0 Å². The summed E-state index contributed by atoms with van der Waals surface area (Å²) in [6.07, 6.45) is 1.35. The second-order valence-corrected chi connectivity index (χ2v) is 7.30. The quantitative estimate of drug-likeness (QED) is 0.867. The molecule has 26 heavy (non-hydrogen) atoms. The van der Waals surface area contributed by atoms with Crippen molar-refractivity contribution in [3.05, 3.63) is 64.2 Å². The zero-order valence-electron chi connectivity index (χ0n) is 15.1. The highest BCUT2D eigenvalue weighted by atomic mass is 35.5. The summed E-state index contributed by atoms with van der Waals surface area (Å²) in [5.41, 5.74) is 3.83. The molecule has 4 nitrogen and oxygen atoms in total. The van der Waals surface area contributed by atoms with Crippen LogP contribution in [0.3, 0.4) is 0 Å². The maximum Gasteiger partial charge on any atom is 0.253 e. The third-order valence-corrected chi connectivity index (χ3v) is 5.27. The maximum absolute atomic E-state index is 12.5. The van der Waals surface area contributed by atoms with Gasteiger partial charge >= 0.3 is 0 Å². The molecule has 0 saturated carbocycles. The molecule has 0 unspecified atom stereocenters. The van der Waals surface area contributed by atoms with Crippen molar-refractivity contribution in [2.24, 2.45) is 5.92 Å². The van der Waals surface area contributed by atoms with Crippen molar-refractivity contribution in [3.8, 4) is 0 Å². The van der Waals surface area contributed by atoms with E-state index in [1.165, 1.54) is 5.56 Å². The van der Waals surface area contributed by atoms with Gasteiger partial charge < -0.3 is 10.2 Å². The average Bonchev–Trinajstić information content (AvgIpc) is 2.65. The van der Waals surface area contributed by atoms with E-state index >= 15 is 0 Å². The minimum absolute atomic E-state index is 0.00492. The molecule has 0 spiro atoms. The van der Waals surface area contributed by atoms with Gasteiger partial charge in [-0.1, -0.05) is 17.7 Å². The fraction of sp³-hybridized carbons (Fsp3) is 0.333. The zero-order chi connectivity index (χ0) is 18.7. The lowest BCUT2D eigenvalue weighted by molar-refractivity contribution is -0.121. The van der Waals surface area contributed by atoms with E-state index in [4.69, 9.17) is 11.6 Å². The number of likely N-dealkylation sites (tertiary alicyclic amines) is 1. The molecule has 1 heterocycles. The number of anilines is 1. The summed E-state index contributed by atoms with van der Waals surface area (Å²) in [5.74, 6) is -0.0348. The predicted molar refractivity (Wildman–Crippen MR) is 105 cm³/mol. The molecule has 1 aliphatic rings. The molecule has 1 N–H and O–H groups in total. The highest BCUT2D eigenvalue weighted by Crippen LogP contribution is 2.22. The van der Waals surface area contributed by atoms with Crippen LogP contribution in [0.2, 0.25) is 5.02 Å². The Morgan fingerprint density at radius 2 is 1.65 bits per heavy atom. The normalized spacial score (nSPS) is 15.0. The largest absolute Gasteiger partial charge is 0.339 e. The average molecular weight is 371 g/mol. The number of halogens is 1. The van der Waals surface area contributed by atoms with Gasteiger partial charge in [0.05, 0.1) is 0 Å². The summed E-state index contributed by atoms with van der Waals surface area (Å²) in [6, 6.07) is 12.9. The molecule has 2 amide bonds. The van der Waals surface area contributed by atoms with Crippen LogP contribution < -0.4 is 5.32 Å². The third kappa shape index (κ3) is 4.25. The van der Waals surface area contributed by atoms with Crippen molar-refractivity contribution in [3.63, 3.8) is 0 Å². The number of hydrogen-bond donors (Lipinski definition) is 1. The number of carbonyl (C=O) groups excluding carboxylic acids is 2. The Labute approximate surface area is 159 Å². The Bertz CT molecular complexity index is 809. The van der Waals surface area contributed by atoms with Gasteiger partial charge in [0.2, 0.25) is 5.91 Å². The first kappa shape index (κ1) is 18.5. The van der Waals surface area contributed by atoms with Gasteiger partial charge in [-0.3, -0.25) is 9.59 Å². The van der Waals surface area contributed by atoms with Crippen molar-refractivity contribution < 1.29 is 9.59 Å². The monoisotopic (exact) mass is 370 g/mol. The van der Waals surface area contributed by atoms with Gasteiger partial charge in [-0.25, -0.2) is 0 Å². The lowest BCUT2D eigenvalue weighted by Crippen LogP contribution is -2.41. The second kappa shape index (κ2) is 7.92. The molecular weight excluding hydrogens is 348 g/mol. The topological polar surface area (TPSA) is 49.4 Å². The van der Waals surface area contributed by atoms with Crippen LogP contribution >= 0.6 is 11.6 Å². The Hall–Kier alpha value is -2.33. The third-order valence-electron chi connectivity index (χ3n) is 5.02. The van der Waals surface area contributed by atoms with Crippen LogP contribution in [0.25, 0.3) is 0 Å². The second-order valence-electron chi connectivity index (χ2n) is 6.86. The minimum Gasteiger partial charge on any atom is -0.339 e. The number of aryl methyl sites for hydroxylation is 2. The molecule has 1 fully saturated rings. The number of amides is 2. The van der Waals surface area contributed by atoms with Crippen LogP contribution in [0.4, 0.5) is 5.69 Å². The Morgan fingerprint density at radius 3 is 2.27 bits per heavy atom. The smallest absolute Gasteiger partial charge is 0.253 e. The van der Waals surface area contributed by atoms with Gasteiger partial charge in [0.1, 0.15) is 0 Å². The summed E-state index contributed by atoms with van der Waals surface area (Å²) in [4.78, 5) is 26.9. The lowest BCUT2D eigenvalue weighted by atomic mass is 9.95. The van der Waals surface area contributed by atoms with Crippen molar-refractivity contribution >= 4 is 29.1 Å². The number of hydrogen-bond acceptors (Lipinski definition) is 2. The van der Waals surface area contributed by atoms with E-state index in [2.05, 4.69) is 5.32 Å². The van der Waals surface area contributed by atoms with E-state index < -0.39 is 0 Å². The summed E-state index contributed by atoms with van der Waals surface area (Å²) >= 11 is 5.87. The zero-order valence-corrected chi connectivity index (χ0v) is 15.8. The van der Waals surface area contributed by atoms with Gasteiger partial charge in [-0.15, -0.1) is 0 Å². The number of carbonyl (C=O) groups is 2. The molecule has 0 bridgehead atoms. The molecule has 5 heteroatoms. The van der Waals surface area contributed by atoms with E-state index in [-0.39, 0.29) is 17.7 Å². The Balaban J connectivity index is 1.55. The Morgan fingerprint density at radius 1 is 1.00 bits per heavy atom. The molecule has 1 saturated heterocycles. The van der Waals surface area contributed by atoms with Gasteiger partial charge in [0, 0.05) is 35.3 Å². The molecule has 136 valence electrons. The van der Waals surface area contributed by atoms with E-state index in [1.807, 2.05) is 36.9 Å². The van der Waals surface area contributed by atoms with Crippen molar-refractivity contribution in [2.45, 2.75) is 26.7 Å². The van der Waals surface area contributed by atoms with Crippen LogP contribution in [-0.4, -0.2) is 29.8 Å². The molecule has 0 aliphatic carbocycles. The molecule has 2 aromatic carbocycles. The summed E-state index contributed by atoms with van der Waals surface area (Å²) in [5, 5.41) is 3.62. The molecule has 2 aromatic rings. The van der Waals surface area contributed by atoms with Gasteiger partial charge in [0.15, 0.2) is 0 Å². The SMILES string of the molecule is Cc1ccc(NC(=O)C2CCN(C(=O)c3ccc(Cl)cc3)CC2)cc1C. The number of nitrogens with one attached hydrogen (secondary N) is 1. The fourth-order valence-electron chi connectivity index (χ4n) is 3.18. The highest BCUT2D eigenvalue weighted by Gasteiger charge is 2.27. The van der Waals surface area contributed by atoms with E-state index in [0.29, 0.717) is 36.5 Å². The van der Waals surface area contributed by atoms with Crippen molar-refractivity contribution in [2.75, 3.05) is 18.4 Å². The van der Waals surface area contributed by atoms with Crippen LogP contribution in [0.15, 0.2) is 42.5 Å². The van der Waals surface area contributed by atoms with Crippen LogP contribution in [0, 0.1) is 19.8 Å². The van der Waals surface area contributed by atoms with E-state index in [1.54, 1.807) is 24.3 Å². The maximum atomic E-state index is 12.5. The standard InChI is InChI=1S/C21H23ClN2O2/c1-14-3-8-19(13-15(14)2)23-20(25)16-9-11-24(12-10-16)21(26)17-4-6-18(22)7-5-17/h3-8,13,16H,9-12H2,1-2H3,(H,23,25). The van der Waals surface area contributed by atoms with Crippen molar-refractivity contribution in [1.82, 2.24) is 4.90 Å². The Kier molecular flexibility index (Phi) is 5.62. The molecule has 0 radical (unpaired) electrons. The molecule has 1 aliphatic heterocycles. The number of piperidine rings is 1. The number of rotatable bonds is 3. The van der Waals surface area contributed by atoms with Crippen LogP contribution in [0.5, 0.6) is 0 Å². The molecule has 0 aromatic heterocycles. The number of benzene rings is 2. The van der Waals surface area contributed by atoms with E-state index in [0.717, 1.165) is 11.3 Å². The summed E-state index contributed by atoms with van der Waals surface area (Å²) in [7, 11) is 0. The summed E-state index contributed by atoms with van der Waals surface area (Å²) < 4.78 is 0. The highest BCUT2D eigenvalue weighted by molar-refractivity contribution is 6.30. The van der Waals surface area contributed by atoms with Gasteiger partial charge in [-0.05, 0) is 74.2 Å². The fourth-order valence-corrected chi connectivity index (χ4v) is 3.31. The van der Waals surface area contributed by atoms with Crippen LogP contribution in [-0.2, 0) is 4.79 Å². The van der Waals surface area contributed by atoms with Gasteiger partial charge in [-0.2, -0.15) is 0 Å². The first-order valence-corrected chi connectivity index (χ1v) is 9.25.